The number of rotatable bonds is 8. The van der Waals surface area contributed by atoms with Crippen molar-refractivity contribution < 1.29 is 17.9 Å². The van der Waals surface area contributed by atoms with Crippen molar-refractivity contribution in [2.24, 2.45) is 0 Å². The molecular formula is C19H24N2O4S. The SMILES string of the molecule is CCN(CC)S(=O)(=O)c1ccc(C(=O)NCc2ccccc2OC)cc1. The molecule has 0 aliphatic heterocycles. The van der Waals surface area contributed by atoms with Crippen molar-refractivity contribution in [3.05, 3.63) is 59.7 Å². The number of hydrogen-bond donors (Lipinski definition) is 1. The first kappa shape index (κ1) is 19.9. The van der Waals surface area contributed by atoms with E-state index in [1.54, 1.807) is 21.0 Å². The van der Waals surface area contributed by atoms with E-state index in [0.717, 1.165) is 5.56 Å². The van der Waals surface area contributed by atoms with Crippen LogP contribution in [0.15, 0.2) is 53.4 Å². The number of hydrogen-bond acceptors (Lipinski definition) is 4. The van der Waals surface area contributed by atoms with Gasteiger partial charge in [-0.2, -0.15) is 4.31 Å². The number of carbonyl (C=O) groups excluding carboxylic acids is 1. The lowest BCUT2D eigenvalue weighted by molar-refractivity contribution is 0.0950. The average Bonchev–Trinajstić information content (AvgIpc) is 2.67. The normalized spacial score (nSPS) is 11.4. The lowest BCUT2D eigenvalue weighted by atomic mass is 10.2. The smallest absolute Gasteiger partial charge is 0.251 e. The van der Waals surface area contributed by atoms with Gasteiger partial charge in [0.1, 0.15) is 5.75 Å². The maximum absolute atomic E-state index is 12.5. The molecule has 2 rings (SSSR count). The molecule has 0 aliphatic rings. The number of nitrogens with zero attached hydrogens (tertiary/aromatic N) is 1. The van der Waals surface area contributed by atoms with E-state index in [1.165, 1.54) is 28.6 Å². The van der Waals surface area contributed by atoms with Gasteiger partial charge in [-0.1, -0.05) is 32.0 Å². The van der Waals surface area contributed by atoms with Crippen LogP contribution in [0, 0.1) is 0 Å². The molecular weight excluding hydrogens is 352 g/mol. The summed E-state index contributed by atoms with van der Waals surface area (Å²) in [7, 11) is -1.94. The zero-order valence-corrected chi connectivity index (χ0v) is 16.0. The van der Waals surface area contributed by atoms with Crippen LogP contribution in [0.25, 0.3) is 0 Å². The van der Waals surface area contributed by atoms with Gasteiger partial charge >= 0.3 is 0 Å². The first-order valence-electron chi connectivity index (χ1n) is 8.44. The third kappa shape index (κ3) is 4.42. The van der Waals surface area contributed by atoms with Gasteiger partial charge in [-0.25, -0.2) is 8.42 Å². The summed E-state index contributed by atoms with van der Waals surface area (Å²) >= 11 is 0. The van der Waals surface area contributed by atoms with Crippen LogP contribution in [0.2, 0.25) is 0 Å². The molecule has 0 fully saturated rings. The number of ether oxygens (including phenoxy) is 1. The van der Waals surface area contributed by atoms with Crippen molar-refractivity contribution in [2.75, 3.05) is 20.2 Å². The van der Waals surface area contributed by atoms with Crippen LogP contribution in [-0.4, -0.2) is 38.8 Å². The molecule has 7 heteroatoms. The molecule has 140 valence electrons. The zero-order chi connectivity index (χ0) is 19.2. The number of methoxy groups -OCH3 is 1. The summed E-state index contributed by atoms with van der Waals surface area (Å²) in [4.78, 5) is 12.5. The summed E-state index contributed by atoms with van der Waals surface area (Å²) < 4.78 is 31.6. The van der Waals surface area contributed by atoms with Gasteiger partial charge in [0.05, 0.1) is 12.0 Å². The van der Waals surface area contributed by atoms with Gasteiger partial charge in [0.25, 0.3) is 5.91 Å². The lowest BCUT2D eigenvalue weighted by Gasteiger charge is -2.18. The Hall–Kier alpha value is -2.38. The van der Waals surface area contributed by atoms with Crippen molar-refractivity contribution in [3.8, 4) is 5.75 Å². The quantitative estimate of drug-likeness (QED) is 0.768. The topological polar surface area (TPSA) is 75.7 Å². The molecule has 0 unspecified atom stereocenters. The fourth-order valence-electron chi connectivity index (χ4n) is 2.62. The molecule has 0 heterocycles. The predicted octanol–water partition coefficient (Wildman–Crippen LogP) is 2.66. The fraction of sp³-hybridized carbons (Fsp3) is 0.316. The molecule has 0 bridgehead atoms. The van der Waals surface area contributed by atoms with Gasteiger partial charge in [0, 0.05) is 30.8 Å². The van der Waals surface area contributed by atoms with Crippen LogP contribution >= 0.6 is 0 Å². The summed E-state index contributed by atoms with van der Waals surface area (Å²) in [6, 6.07) is 13.4. The van der Waals surface area contributed by atoms with Crippen LogP contribution in [0.4, 0.5) is 0 Å². The summed E-state index contributed by atoms with van der Waals surface area (Å²) in [5.41, 5.74) is 1.27. The molecule has 6 nitrogen and oxygen atoms in total. The number of sulfonamides is 1. The summed E-state index contributed by atoms with van der Waals surface area (Å²) in [6.45, 7) is 4.71. The Bertz CT molecular complexity index is 844. The van der Waals surface area contributed by atoms with Crippen molar-refractivity contribution in [1.29, 1.82) is 0 Å². The number of carbonyl (C=O) groups is 1. The van der Waals surface area contributed by atoms with Crippen molar-refractivity contribution in [3.63, 3.8) is 0 Å². The van der Waals surface area contributed by atoms with E-state index in [0.29, 0.717) is 30.9 Å². The minimum Gasteiger partial charge on any atom is -0.496 e. The monoisotopic (exact) mass is 376 g/mol. The van der Waals surface area contributed by atoms with E-state index < -0.39 is 10.0 Å². The van der Waals surface area contributed by atoms with Crippen LogP contribution in [0.1, 0.15) is 29.8 Å². The molecule has 0 aliphatic carbocycles. The second-order valence-corrected chi connectivity index (χ2v) is 7.55. The summed E-state index contributed by atoms with van der Waals surface area (Å²) in [6.07, 6.45) is 0. The largest absolute Gasteiger partial charge is 0.496 e. The van der Waals surface area contributed by atoms with E-state index in [-0.39, 0.29) is 10.8 Å². The third-order valence-electron chi connectivity index (χ3n) is 4.09. The first-order valence-corrected chi connectivity index (χ1v) is 9.88. The maximum Gasteiger partial charge on any atom is 0.251 e. The van der Waals surface area contributed by atoms with Crippen LogP contribution < -0.4 is 10.1 Å². The first-order chi connectivity index (χ1) is 12.4. The van der Waals surface area contributed by atoms with Crippen LogP contribution in [0.3, 0.4) is 0 Å². The number of amides is 1. The number of para-hydroxylation sites is 1. The molecule has 2 aromatic carbocycles. The third-order valence-corrected chi connectivity index (χ3v) is 6.16. The lowest BCUT2D eigenvalue weighted by Crippen LogP contribution is -2.30. The maximum atomic E-state index is 12.5. The second-order valence-electron chi connectivity index (χ2n) is 5.61. The molecule has 1 amide bonds. The molecule has 1 N–H and O–H groups in total. The Morgan fingerprint density at radius 3 is 2.23 bits per heavy atom. The highest BCUT2D eigenvalue weighted by atomic mass is 32.2. The summed E-state index contributed by atoms with van der Waals surface area (Å²) in [5.74, 6) is 0.427. The van der Waals surface area contributed by atoms with Gasteiger partial charge < -0.3 is 10.1 Å². The van der Waals surface area contributed by atoms with Crippen molar-refractivity contribution in [2.45, 2.75) is 25.3 Å². The Kier molecular flexibility index (Phi) is 6.76. The zero-order valence-electron chi connectivity index (χ0n) is 15.2. The van der Waals surface area contributed by atoms with E-state index >= 15 is 0 Å². The van der Waals surface area contributed by atoms with Gasteiger partial charge in [-0.15, -0.1) is 0 Å². The van der Waals surface area contributed by atoms with E-state index in [1.807, 2.05) is 24.3 Å². The van der Waals surface area contributed by atoms with Crippen molar-refractivity contribution in [1.82, 2.24) is 9.62 Å². The predicted molar refractivity (Wildman–Crippen MR) is 101 cm³/mol. The molecule has 0 spiro atoms. The highest BCUT2D eigenvalue weighted by Gasteiger charge is 2.21. The van der Waals surface area contributed by atoms with Gasteiger partial charge in [-0.05, 0) is 30.3 Å². The van der Waals surface area contributed by atoms with Crippen LogP contribution in [0.5, 0.6) is 5.75 Å². The molecule has 0 saturated heterocycles. The van der Waals surface area contributed by atoms with E-state index in [2.05, 4.69) is 5.32 Å². The van der Waals surface area contributed by atoms with E-state index in [4.69, 9.17) is 4.74 Å². The van der Waals surface area contributed by atoms with Gasteiger partial charge in [0.2, 0.25) is 10.0 Å². The molecule has 0 atom stereocenters. The Balaban J connectivity index is 2.09. The second kappa shape index (κ2) is 8.82. The number of nitrogens with one attached hydrogen (secondary N) is 1. The fourth-order valence-corrected chi connectivity index (χ4v) is 4.08. The Morgan fingerprint density at radius 2 is 1.65 bits per heavy atom. The highest BCUT2D eigenvalue weighted by Crippen LogP contribution is 2.18. The van der Waals surface area contributed by atoms with Gasteiger partial charge in [0.15, 0.2) is 0 Å². The molecule has 0 saturated carbocycles. The highest BCUT2D eigenvalue weighted by molar-refractivity contribution is 7.89. The number of benzene rings is 2. The van der Waals surface area contributed by atoms with Gasteiger partial charge in [-0.3, -0.25) is 4.79 Å². The van der Waals surface area contributed by atoms with E-state index in [9.17, 15) is 13.2 Å². The molecule has 0 aromatic heterocycles. The molecule has 2 aromatic rings. The summed E-state index contributed by atoms with van der Waals surface area (Å²) in [5, 5.41) is 2.81. The average molecular weight is 376 g/mol. The standard InChI is InChI=1S/C19H24N2O4S/c1-4-21(5-2)26(23,24)17-12-10-15(11-13-17)19(22)20-14-16-8-6-7-9-18(16)25-3/h6-13H,4-5,14H2,1-3H3,(H,20,22). The minimum absolute atomic E-state index is 0.183. The Labute approximate surface area is 154 Å². The minimum atomic E-state index is -3.52. The van der Waals surface area contributed by atoms with Crippen molar-refractivity contribution >= 4 is 15.9 Å². The molecule has 0 radical (unpaired) electrons. The van der Waals surface area contributed by atoms with Crippen LogP contribution in [-0.2, 0) is 16.6 Å². The molecule has 26 heavy (non-hydrogen) atoms. The Morgan fingerprint density at radius 1 is 1.04 bits per heavy atom.